The van der Waals surface area contributed by atoms with Crippen molar-refractivity contribution >= 4 is 24.5 Å². The number of benzene rings is 2. The lowest BCUT2D eigenvalue weighted by Crippen LogP contribution is -2.53. The van der Waals surface area contributed by atoms with Crippen LogP contribution >= 0.6 is 0 Å². The highest BCUT2D eigenvalue weighted by atomic mass is 16.8. The molecule has 3 aliphatic heterocycles. The van der Waals surface area contributed by atoms with Gasteiger partial charge in [-0.2, -0.15) is 0 Å². The number of hydrogen-bond donors (Lipinski definition) is 0. The lowest BCUT2D eigenvalue weighted by Gasteiger charge is -2.32. The summed E-state index contributed by atoms with van der Waals surface area (Å²) >= 11 is 0. The molecule has 2 aromatic carbocycles. The summed E-state index contributed by atoms with van der Waals surface area (Å²) in [6, 6.07) is 16.2. The molecule has 29 heavy (non-hydrogen) atoms. The van der Waals surface area contributed by atoms with Gasteiger partial charge in [-0.15, -0.1) is 0 Å². The highest BCUT2D eigenvalue weighted by molar-refractivity contribution is 6.61. The van der Waals surface area contributed by atoms with Crippen molar-refractivity contribution in [2.24, 2.45) is 4.99 Å². The van der Waals surface area contributed by atoms with E-state index in [1.54, 1.807) is 0 Å². The molecule has 0 aliphatic carbocycles. The Balaban J connectivity index is 1.25. The van der Waals surface area contributed by atoms with Crippen molar-refractivity contribution in [1.82, 2.24) is 0 Å². The maximum absolute atomic E-state index is 6.20. The third-order valence-electron chi connectivity index (χ3n) is 5.39. The second-order valence-electron chi connectivity index (χ2n) is 8.17. The predicted molar refractivity (Wildman–Crippen MR) is 110 cm³/mol. The second kappa shape index (κ2) is 7.34. The third-order valence-corrected chi connectivity index (χ3v) is 5.39. The molecule has 0 amide bonds. The van der Waals surface area contributed by atoms with Crippen molar-refractivity contribution in [3.05, 3.63) is 59.7 Å². The molecule has 6 nitrogen and oxygen atoms in total. The fraction of sp³-hybridized carbons (Fsp3) is 0.409. The Morgan fingerprint density at radius 3 is 2.52 bits per heavy atom. The van der Waals surface area contributed by atoms with Gasteiger partial charge in [0.2, 0.25) is 0 Å². The topological polar surface area (TPSA) is 58.5 Å². The molecule has 5 rings (SSSR count). The Hall–Kier alpha value is -2.03. The molecule has 0 saturated carbocycles. The number of aliphatic imine (C=N–C) groups is 1. The van der Waals surface area contributed by atoms with Crippen LogP contribution in [-0.2, 0) is 23.5 Å². The number of aryl methyl sites for hydroxylation is 1. The highest BCUT2D eigenvalue weighted by Crippen LogP contribution is 2.40. The minimum absolute atomic E-state index is 0.168. The summed E-state index contributed by atoms with van der Waals surface area (Å²) < 4.78 is 29.8. The van der Waals surface area contributed by atoms with Crippen molar-refractivity contribution < 1.29 is 23.5 Å². The molecule has 4 atom stereocenters. The van der Waals surface area contributed by atoms with Crippen LogP contribution < -0.4 is 5.46 Å². The van der Waals surface area contributed by atoms with Crippen molar-refractivity contribution in [2.75, 3.05) is 6.61 Å². The molecule has 0 unspecified atom stereocenters. The zero-order chi connectivity index (χ0) is 20.0. The van der Waals surface area contributed by atoms with E-state index in [2.05, 4.69) is 24.0 Å². The number of rotatable bonds is 3. The van der Waals surface area contributed by atoms with Gasteiger partial charge in [0.05, 0.1) is 12.3 Å². The molecule has 0 N–H and O–H groups in total. The summed E-state index contributed by atoms with van der Waals surface area (Å²) in [5.41, 5.74) is 4.13. The van der Waals surface area contributed by atoms with Gasteiger partial charge in [0.15, 0.2) is 12.1 Å². The summed E-state index contributed by atoms with van der Waals surface area (Å²) in [4.78, 5) is 4.52. The number of ether oxygens (including phenoxy) is 3. The van der Waals surface area contributed by atoms with Crippen LogP contribution in [0.5, 0.6) is 0 Å². The Morgan fingerprint density at radius 2 is 1.76 bits per heavy atom. The molecule has 150 valence electrons. The minimum Gasteiger partial charge on any atom is -0.404 e. The van der Waals surface area contributed by atoms with Crippen LogP contribution in [0, 0.1) is 6.92 Å². The number of fused-ring (bicyclic) bond motifs is 3. The van der Waals surface area contributed by atoms with Crippen LogP contribution in [0.15, 0.2) is 53.5 Å². The monoisotopic (exact) mass is 393 g/mol. The van der Waals surface area contributed by atoms with Crippen molar-refractivity contribution in [1.29, 1.82) is 0 Å². The van der Waals surface area contributed by atoms with Gasteiger partial charge in [-0.05, 0) is 43.9 Å². The Labute approximate surface area is 170 Å². The lowest BCUT2D eigenvalue weighted by atomic mass is 9.76. The summed E-state index contributed by atoms with van der Waals surface area (Å²) in [7, 11) is -0.450. The lowest BCUT2D eigenvalue weighted by molar-refractivity contribution is -0.221. The largest absolute Gasteiger partial charge is 0.494 e. The molecule has 3 aliphatic rings. The first-order valence-electron chi connectivity index (χ1n) is 9.96. The Bertz CT molecular complexity index is 898. The Morgan fingerprint density at radius 1 is 1.00 bits per heavy atom. The molecule has 7 heteroatoms. The minimum atomic E-state index is -0.657. The second-order valence-corrected chi connectivity index (χ2v) is 8.17. The van der Waals surface area contributed by atoms with Gasteiger partial charge in [0, 0.05) is 6.21 Å². The fourth-order valence-electron chi connectivity index (χ4n) is 3.90. The average molecular weight is 393 g/mol. The van der Waals surface area contributed by atoms with Crippen molar-refractivity contribution in [2.45, 2.75) is 51.2 Å². The van der Waals surface area contributed by atoms with E-state index in [1.807, 2.05) is 56.5 Å². The van der Waals surface area contributed by atoms with Crippen LogP contribution in [0.25, 0.3) is 0 Å². The highest BCUT2D eigenvalue weighted by Gasteiger charge is 2.57. The summed E-state index contributed by atoms with van der Waals surface area (Å²) in [6.07, 6.45) is 0.848. The number of hydrogen-bond acceptors (Lipinski definition) is 6. The van der Waals surface area contributed by atoms with E-state index in [0.29, 0.717) is 6.61 Å². The number of nitrogens with zero attached hydrogens (tertiary/aromatic N) is 1. The molecule has 0 aromatic heterocycles. The molecule has 2 aromatic rings. The smallest absolute Gasteiger partial charge is 0.404 e. The maximum Gasteiger partial charge on any atom is 0.494 e. The van der Waals surface area contributed by atoms with E-state index >= 15 is 0 Å². The van der Waals surface area contributed by atoms with Crippen molar-refractivity contribution in [3.63, 3.8) is 0 Å². The van der Waals surface area contributed by atoms with Crippen LogP contribution in [0.1, 0.15) is 25.0 Å². The first kappa shape index (κ1) is 19.0. The maximum atomic E-state index is 6.20. The van der Waals surface area contributed by atoms with Crippen LogP contribution in [0.3, 0.4) is 0 Å². The zero-order valence-corrected chi connectivity index (χ0v) is 16.8. The van der Waals surface area contributed by atoms with Gasteiger partial charge < -0.3 is 23.5 Å². The van der Waals surface area contributed by atoms with E-state index in [-0.39, 0.29) is 18.3 Å². The first-order valence-corrected chi connectivity index (χ1v) is 9.96. The predicted octanol–water partition coefficient (Wildman–Crippen LogP) is 2.73. The SMILES string of the molecule is Cc1ccc(N=Cc2ccc(B3OC[C@H]4O[C@@H]5OC(C)(C)O[C@@H]5[C@H]4O3)cc2)cc1. The quantitative estimate of drug-likeness (QED) is 0.593. The van der Waals surface area contributed by atoms with E-state index in [4.69, 9.17) is 23.5 Å². The normalized spacial score (nSPS) is 30.5. The summed E-state index contributed by atoms with van der Waals surface area (Å²) in [5, 5.41) is 0. The van der Waals surface area contributed by atoms with Gasteiger partial charge in [0.25, 0.3) is 0 Å². The molecule has 3 heterocycles. The molecule has 0 radical (unpaired) electrons. The van der Waals surface area contributed by atoms with Crippen molar-refractivity contribution in [3.8, 4) is 0 Å². The standard InChI is InChI=1S/C22H24BNO5/c1-14-4-10-17(11-5-14)24-12-15-6-8-16(9-7-15)23-25-13-18-19(29-23)20-21(26-18)28-22(2,3)27-20/h4-12,18-21H,13H2,1-3H3/t18-,19+,20-,21-/m1/s1. The summed E-state index contributed by atoms with van der Waals surface area (Å²) in [6.45, 7) is 6.29. The van der Waals surface area contributed by atoms with Gasteiger partial charge in [-0.25, -0.2) is 0 Å². The molecular weight excluding hydrogens is 369 g/mol. The first-order chi connectivity index (χ1) is 14.0. The third kappa shape index (κ3) is 3.89. The van der Waals surface area contributed by atoms with Gasteiger partial charge >= 0.3 is 7.12 Å². The van der Waals surface area contributed by atoms with E-state index < -0.39 is 19.2 Å². The Kier molecular flexibility index (Phi) is 4.80. The molecule has 0 spiro atoms. The van der Waals surface area contributed by atoms with Gasteiger partial charge in [0.1, 0.15) is 18.3 Å². The van der Waals surface area contributed by atoms with Crippen LogP contribution in [0.2, 0.25) is 0 Å². The van der Waals surface area contributed by atoms with E-state index in [1.165, 1.54) is 5.56 Å². The van der Waals surface area contributed by atoms with Crippen LogP contribution in [0.4, 0.5) is 5.69 Å². The van der Waals surface area contributed by atoms with Gasteiger partial charge in [-0.3, -0.25) is 4.99 Å². The molecular formula is C22H24BNO5. The zero-order valence-electron chi connectivity index (χ0n) is 16.8. The van der Waals surface area contributed by atoms with Crippen LogP contribution in [-0.4, -0.2) is 50.3 Å². The van der Waals surface area contributed by atoms with E-state index in [9.17, 15) is 0 Å². The fourth-order valence-corrected chi connectivity index (χ4v) is 3.90. The van der Waals surface area contributed by atoms with E-state index in [0.717, 1.165) is 16.7 Å². The molecule has 0 bridgehead atoms. The summed E-state index contributed by atoms with van der Waals surface area (Å²) in [5.74, 6) is -0.657. The van der Waals surface area contributed by atoms with Gasteiger partial charge in [-0.1, -0.05) is 42.0 Å². The molecule has 3 fully saturated rings. The molecule has 3 saturated heterocycles. The average Bonchev–Trinajstić information content (AvgIpc) is 3.19.